The molecule has 1 aromatic heterocycles. The van der Waals surface area contributed by atoms with Gasteiger partial charge in [-0.2, -0.15) is 13.2 Å². The molecule has 0 saturated carbocycles. The first-order valence-corrected chi connectivity index (χ1v) is 7.91. The summed E-state index contributed by atoms with van der Waals surface area (Å²) in [6, 6.07) is 9.11. The van der Waals surface area contributed by atoms with Gasteiger partial charge in [-0.25, -0.2) is 4.79 Å². The predicted molar refractivity (Wildman–Crippen MR) is 88.6 cm³/mol. The summed E-state index contributed by atoms with van der Waals surface area (Å²) in [6.45, 7) is 3.20. The number of carbonyl (C=O) groups excluding carboxylic acids is 1. The third-order valence-electron chi connectivity index (χ3n) is 3.96. The molecule has 0 radical (unpaired) electrons. The number of hydrogen-bond donors (Lipinski definition) is 0. The number of alkyl halides is 3. The molecule has 0 amide bonds. The molecule has 0 spiro atoms. The quantitative estimate of drug-likeness (QED) is 0.679. The van der Waals surface area contributed by atoms with E-state index in [9.17, 15) is 18.0 Å². The van der Waals surface area contributed by atoms with Crippen LogP contribution in [-0.2, 0) is 10.2 Å². The summed E-state index contributed by atoms with van der Waals surface area (Å²) in [6.07, 6.45) is -4.17. The van der Waals surface area contributed by atoms with E-state index in [1.165, 1.54) is 30.6 Å². The van der Waals surface area contributed by atoms with Gasteiger partial charge in [0, 0.05) is 22.8 Å². The van der Waals surface area contributed by atoms with Gasteiger partial charge in [-0.3, -0.25) is 4.98 Å². The van der Waals surface area contributed by atoms with Crippen molar-refractivity contribution < 1.29 is 22.7 Å². The number of carbonyl (C=O) groups is 1. The van der Waals surface area contributed by atoms with E-state index in [1.807, 2.05) is 0 Å². The first-order valence-electron chi connectivity index (χ1n) is 7.53. The summed E-state index contributed by atoms with van der Waals surface area (Å²) >= 11 is 5.82. The van der Waals surface area contributed by atoms with Gasteiger partial charge in [0.15, 0.2) is 0 Å². The summed E-state index contributed by atoms with van der Waals surface area (Å²) < 4.78 is 44.4. The highest BCUT2D eigenvalue weighted by molar-refractivity contribution is 6.30. The fourth-order valence-electron chi connectivity index (χ4n) is 2.43. The number of hydrogen-bond acceptors (Lipinski definition) is 3. The van der Waals surface area contributed by atoms with Gasteiger partial charge in [0.05, 0.1) is 12.0 Å². The largest absolute Gasteiger partial charge is 0.457 e. The van der Waals surface area contributed by atoms with Crippen molar-refractivity contribution in [2.45, 2.75) is 38.0 Å². The van der Waals surface area contributed by atoms with Crippen LogP contribution in [0.15, 0.2) is 48.8 Å². The lowest BCUT2D eigenvalue weighted by atomic mass is 9.78. The Morgan fingerprint density at radius 1 is 1.20 bits per heavy atom. The standard InChI is InChI=1S/C18H17ClF3NO2/c1-17(2,13-6-8-23-9-7-13)15(11-18(20,21)22)25-16(24)12-4-3-5-14(19)10-12/h3-10,15H,11H2,1-2H3. The fourth-order valence-corrected chi connectivity index (χ4v) is 2.62. The molecule has 2 rings (SSSR count). The van der Waals surface area contributed by atoms with E-state index in [2.05, 4.69) is 4.98 Å². The van der Waals surface area contributed by atoms with Crippen molar-refractivity contribution in [3.63, 3.8) is 0 Å². The Hall–Kier alpha value is -2.08. The van der Waals surface area contributed by atoms with E-state index < -0.39 is 30.1 Å². The Bertz CT molecular complexity index is 733. The van der Waals surface area contributed by atoms with Crippen LogP contribution in [0.2, 0.25) is 5.02 Å². The Morgan fingerprint density at radius 3 is 2.40 bits per heavy atom. The normalized spacial score (nSPS) is 13.4. The SMILES string of the molecule is CC(C)(c1ccncc1)C(CC(F)(F)F)OC(=O)c1cccc(Cl)c1. The molecule has 1 heterocycles. The topological polar surface area (TPSA) is 39.2 Å². The second-order valence-corrected chi connectivity index (χ2v) is 6.62. The summed E-state index contributed by atoms with van der Waals surface area (Å²) in [5.74, 6) is -0.848. The van der Waals surface area contributed by atoms with E-state index in [4.69, 9.17) is 16.3 Å². The van der Waals surface area contributed by atoms with Crippen LogP contribution in [0.1, 0.15) is 36.2 Å². The number of halogens is 4. The number of ether oxygens (including phenoxy) is 1. The van der Waals surface area contributed by atoms with Gasteiger partial charge >= 0.3 is 12.1 Å². The number of esters is 1. The lowest BCUT2D eigenvalue weighted by molar-refractivity contribution is -0.161. The highest BCUT2D eigenvalue weighted by atomic mass is 35.5. The van der Waals surface area contributed by atoms with Crippen LogP contribution in [0, 0.1) is 0 Å². The lowest BCUT2D eigenvalue weighted by Gasteiger charge is -2.34. The maximum Gasteiger partial charge on any atom is 0.392 e. The van der Waals surface area contributed by atoms with Gasteiger partial charge in [0.2, 0.25) is 0 Å². The molecule has 0 aliphatic carbocycles. The van der Waals surface area contributed by atoms with Gasteiger partial charge in [-0.05, 0) is 35.9 Å². The molecular weight excluding hydrogens is 355 g/mol. The minimum Gasteiger partial charge on any atom is -0.457 e. The zero-order valence-electron chi connectivity index (χ0n) is 13.7. The van der Waals surface area contributed by atoms with Crippen molar-refractivity contribution in [3.8, 4) is 0 Å². The van der Waals surface area contributed by atoms with Crippen molar-refractivity contribution in [1.82, 2.24) is 4.98 Å². The molecule has 2 aromatic rings. The van der Waals surface area contributed by atoms with Crippen LogP contribution >= 0.6 is 11.6 Å². The molecule has 0 fully saturated rings. The molecule has 0 aliphatic rings. The highest BCUT2D eigenvalue weighted by Crippen LogP contribution is 2.36. The second-order valence-electron chi connectivity index (χ2n) is 6.18. The number of benzene rings is 1. The number of nitrogens with zero attached hydrogens (tertiary/aromatic N) is 1. The van der Waals surface area contributed by atoms with Crippen LogP contribution in [0.25, 0.3) is 0 Å². The molecule has 134 valence electrons. The van der Waals surface area contributed by atoms with Crippen LogP contribution in [0.5, 0.6) is 0 Å². The van der Waals surface area contributed by atoms with Gasteiger partial charge in [-0.1, -0.05) is 31.5 Å². The van der Waals surface area contributed by atoms with Crippen LogP contribution in [0.3, 0.4) is 0 Å². The molecule has 1 aromatic carbocycles. The summed E-state index contributed by atoms with van der Waals surface area (Å²) in [4.78, 5) is 16.2. The van der Waals surface area contributed by atoms with Crippen LogP contribution < -0.4 is 0 Å². The maximum absolute atomic E-state index is 13.0. The van der Waals surface area contributed by atoms with E-state index in [0.717, 1.165) is 0 Å². The van der Waals surface area contributed by atoms with E-state index >= 15 is 0 Å². The Kier molecular flexibility index (Phi) is 5.72. The summed E-state index contributed by atoms with van der Waals surface area (Å²) in [5, 5.41) is 0.301. The van der Waals surface area contributed by atoms with Crippen molar-refractivity contribution in [2.75, 3.05) is 0 Å². The monoisotopic (exact) mass is 371 g/mol. The molecule has 1 atom stereocenters. The van der Waals surface area contributed by atoms with Crippen LogP contribution in [0.4, 0.5) is 13.2 Å². The zero-order chi connectivity index (χ0) is 18.7. The van der Waals surface area contributed by atoms with Crippen molar-refractivity contribution in [3.05, 3.63) is 64.9 Å². The van der Waals surface area contributed by atoms with E-state index in [0.29, 0.717) is 10.6 Å². The van der Waals surface area contributed by atoms with Gasteiger partial charge < -0.3 is 4.74 Å². The van der Waals surface area contributed by atoms with Gasteiger partial charge in [0.1, 0.15) is 6.10 Å². The minimum absolute atomic E-state index is 0.102. The average Bonchev–Trinajstić information content (AvgIpc) is 2.53. The Labute approximate surface area is 148 Å². The molecule has 0 bridgehead atoms. The molecule has 7 heteroatoms. The van der Waals surface area contributed by atoms with E-state index in [1.54, 1.807) is 32.0 Å². The van der Waals surface area contributed by atoms with Crippen molar-refractivity contribution in [2.24, 2.45) is 0 Å². The molecule has 3 nitrogen and oxygen atoms in total. The molecule has 0 N–H and O–H groups in total. The third kappa shape index (κ3) is 5.19. The average molecular weight is 372 g/mol. The van der Waals surface area contributed by atoms with Crippen molar-refractivity contribution in [1.29, 1.82) is 0 Å². The van der Waals surface area contributed by atoms with Crippen molar-refractivity contribution >= 4 is 17.6 Å². The highest BCUT2D eigenvalue weighted by Gasteiger charge is 2.43. The van der Waals surface area contributed by atoms with E-state index in [-0.39, 0.29) is 5.56 Å². The Balaban J connectivity index is 2.31. The molecule has 0 saturated heterocycles. The predicted octanol–water partition coefficient (Wildman–Crippen LogP) is 5.19. The molecule has 1 unspecified atom stereocenters. The molecule has 0 aliphatic heterocycles. The smallest absolute Gasteiger partial charge is 0.392 e. The Morgan fingerprint density at radius 2 is 1.84 bits per heavy atom. The van der Waals surface area contributed by atoms with Gasteiger partial charge in [-0.15, -0.1) is 0 Å². The fraction of sp³-hybridized carbons (Fsp3) is 0.333. The van der Waals surface area contributed by atoms with Gasteiger partial charge in [0.25, 0.3) is 0 Å². The lowest BCUT2D eigenvalue weighted by Crippen LogP contribution is -2.40. The number of rotatable bonds is 5. The number of aromatic nitrogens is 1. The summed E-state index contributed by atoms with van der Waals surface area (Å²) in [7, 11) is 0. The third-order valence-corrected chi connectivity index (χ3v) is 4.19. The first-order chi connectivity index (χ1) is 11.6. The molecular formula is C18H17ClF3NO2. The summed E-state index contributed by atoms with van der Waals surface area (Å²) in [5.41, 5.74) is -0.368. The first kappa shape index (κ1) is 19.2. The number of pyridine rings is 1. The zero-order valence-corrected chi connectivity index (χ0v) is 14.4. The maximum atomic E-state index is 13.0. The minimum atomic E-state index is -4.48. The molecule has 25 heavy (non-hydrogen) atoms. The van der Waals surface area contributed by atoms with Crippen LogP contribution in [-0.4, -0.2) is 23.2 Å². The second kappa shape index (κ2) is 7.44.